The fourth-order valence-electron chi connectivity index (χ4n) is 2.01. The quantitative estimate of drug-likeness (QED) is 0.763. The van der Waals surface area contributed by atoms with Gasteiger partial charge in [-0.15, -0.1) is 0 Å². The average molecular weight is 216 g/mol. The van der Waals surface area contributed by atoms with Crippen molar-refractivity contribution in [3.8, 4) is 0 Å². The van der Waals surface area contributed by atoms with Crippen LogP contribution in [0, 0.1) is 5.92 Å². The van der Waals surface area contributed by atoms with Gasteiger partial charge in [-0.1, -0.05) is 41.0 Å². The number of hydrogen-bond donors (Lipinski definition) is 1. The van der Waals surface area contributed by atoms with Gasteiger partial charge in [0.1, 0.15) is 0 Å². The molecule has 2 atom stereocenters. The molecule has 0 aromatic carbocycles. The van der Waals surface area contributed by atoms with Crippen LogP contribution in [-0.4, -0.2) is 38.1 Å². The summed E-state index contributed by atoms with van der Waals surface area (Å²) < 4.78 is 0. The van der Waals surface area contributed by atoms with Crippen LogP contribution in [0.3, 0.4) is 0 Å². The Kier molecular flexibility index (Phi) is 13.8. The van der Waals surface area contributed by atoms with E-state index in [0.717, 1.165) is 12.0 Å². The van der Waals surface area contributed by atoms with E-state index in [-0.39, 0.29) is 0 Å². The van der Waals surface area contributed by atoms with Crippen molar-refractivity contribution >= 4 is 0 Å². The van der Waals surface area contributed by atoms with Crippen LogP contribution < -0.4 is 5.32 Å². The molecule has 0 saturated carbocycles. The van der Waals surface area contributed by atoms with Gasteiger partial charge >= 0.3 is 0 Å². The van der Waals surface area contributed by atoms with Gasteiger partial charge in [0.25, 0.3) is 0 Å². The van der Waals surface area contributed by atoms with Gasteiger partial charge in [-0.05, 0) is 33.0 Å². The molecule has 2 heteroatoms. The third kappa shape index (κ3) is 6.91. The Hall–Kier alpha value is -0.0800. The van der Waals surface area contributed by atoms with Crippen LogP contribution >= 0.6 is 0 Å². The molecule has 0 aliphatic carbocycles. The molecule has 1 saturated heterocycles. The maximum Gasteiger partial charge on any atom is 0.0117 e. The normalized spacial score (nSPS) is 25.8. The highest BCUT2D eigenvalue weighted by Crippen LogP contribution is 2.18. The Balaban J connectivity index is 0. The van der Waals surface area contributed by atoms with Crippen LogP contribution in [0.2, 0.25) is 0 Å². The third-order valence-electron chi connectivity index (χ3n) is 2.83. The van der Waals surface area contributed by atoms with Crippen LogP contribution in [0.25, 0.3) is 0 Å². The lowest BCUT2D eigenvalue weighted by Crippen LogP contribution is -2.46. The Morgan fingerprint density at radius 1 is 1.20 bits per heavy atom. The molecule has 0 spiro atoms. The first-order valence-corrected chi connectivity index (χ1v) is 6.63. The maximum atomic E-state index is 3.40. The van der Waals surface area contributed by atoms with Crippen LogP contribution in [0.1, 0.15) is 47.5 Å². The molecule has 1 N–H and O–H groups in total. The molecule has 0 radical (unpaired) electrons. The third-order valence-corrected chi connectivity index (χ3v) is 2.83. The Morgan fingerprint density at radius 2 is 1.73 bits per heavy atom. The molecule has 94 valence electrons. The largest absolute Gasteiger partial charge is 0.317 e. The lowest BCUT2D eigenvalue weighted by Gasteiger charge is -2.36. The van der Waals surface area contributed by atoms with Crippen molar-refractivity contribution in [2.75, 3.05) is 27.2 Å². The zero-order chi connectivity index (χ0) is 12.3. The van der Waals surface area contributed by atoms with E-state index in [0.29, 0.717) is 0 Å². The van der Waals surface area contributed by atoms with Gasteiger partial charge < -0.3 is 10.2 Å². The molecule has 1 rings (SSSR count). The van der Waals surface area contributed by atoms with Crippen molar-refractivity contribution in [1.82, 2.24) is 10.2 Å². The zero-order valence-corrected chi connectivity index (χ0v) is 11.9. The Labute approximate surface area is 97.4 Å². The van der Waals surface area contributed by atoms with Crippen molar-refractivity contribution in [2.24, 2.45) is 5.92 Å². The van der Waals surface area contributed by atoms with E-state index in [1.165, 1.54) is 25.9 Å². The molecular formula is C13H32N2. The summed E-state index contributed by atoms with van der Waals surface area (Å²) in [5, 5.41) is 3.40. The standard InChI is InChI=1S/C9H20N2.2C2H6/c1-4-8-7-11(3)6-5-9(8)10-2;2*1-2/h8-10H,4-7H2,1-3H3;2*1-2H3. The number of likely N-dealkylation sites (tertiary alicyclic amines) is 1. The summed E-state index contributed by atoms with van der Waals surface area (Å²) in [6, 6.07) is 0.760. The summed E-state index contributed by atoms with van der Waals surface area (Å²) in [5.74, 6) is 0.860. The highest BCUT2D eigenvalue weighted by molar-refractivity contribution is 4.81. The SMILES string of the molecule is CC.CC.CCC1CN(C)CCC1NC. The van der Waals surface area contributed by atoms with Gasteiger partial charge in [0.05, 0.1) is 0 Å². The Bertz CT molecular complexity index is 115. The van der Waals surface area contributed by atoms with E-state index in [1.807, 2.05) is 27.7 Å². The predicted octanol–water partition coefficient (Wildman–Crippen LogP) is 2.99. The molecule has 0 bridgehead atoms. The van der Waals surface area contributed by atoms with Crippen LogP contribution in [0.5, 0.6) is 0 Å². The van der Waals surface area contributed by atoms with Crippen molar-refractivity contribution in [3.63, 3.8) is 0 Å². The van der Waals surface area contributed by atoms with E-state index in [4.69, 9.17) is 0 Å². The number of hydrogen-bond acceptors (Lipinski definition) is 2. The molecule has 1 heterocycles. The number of rotatable bonds is 2. The molecule has 1 fully saturated rings. The number of piperidine rings is 1. The topological polar surface area (TPSA) is 15.3 Å². The van der Waals surface area contributed by atoms with Crippen molar-refractivity contribution in [3.05, 3.63) is 0 Å². The highest BCUT2D eigenvalue weighted by atomic mass is 15.1. The van der Waals surface area contributed by atoms with Crippen LogP contribution in [0.4, 0.5) is 0 Å². The van der Waals surface area contributed by atoms with Crippen LogP contribution in [-0.2, 0) is 0 Å². The van der Waals surface area contributed by atoms with Gasteiger partial charge in [0, 0.05) is 12.6 Å². The summed E-state index contributed by atoms with van der Waals surface area (Å²) in [6.45, 7) is 12.8. The molecule has 0 aromatic rings. The van der Waals surface area contributed by atoms with Gasteiger partial charge in [0.2, 0.25) is 0 Å². The molecule has 0 aromatic heterocycles. The molecule has 2 unspecified atom stereocenters. The fraction of sp³-hybridized carbons (Fsp3) is 1.00. The summed E-state index contributed by atoms with van der Waals surface area (Å²) in [6.07, 6.45) is 2.61. The minimum Gasteiger partial charge on any atom is -0.317 e. The first kappa shape index (κ1) is 17.3. The predicted molar refractivity (Wildman–Crippen MR) is 71.4 cm³/mol. The van der Waals surface area contributed by atoms with Crippen molar-refractivity contribution in [1.29, 1.82) is 0 Å². The summed E-state index contributed by atoms with van der Waals surface area (Å²) in [7, 11) is 4.30. The molecule has 0 amide bonds. The van der Waals surface area contributed by atoms with Gasteiger partial charge in [-0.3, -0.25) is 0 Å². The minimum absolute atomic E-state index is 0.760. The second-order valence-corrected chi connectivity index (χ2v) is 3.61. The number of nitrogens with one attached hydrogen (secondary N) is 1. The number of nitrogens with zero attached hydrogens (tertiary/aromatic N) is 1. The fourth-order valence-corrected chi connectivity index (χ4v) is 2.01. The molecule has 2 nitrogen and oxygen atoms in total. The second-order valence-electron chi connectivity index (χ2n) is 3.61. The van der Waals surface area contributed by atoms with Gasteiger partial charge in [-0.25, -0.2) is 0 Å². The van der Waals surface area contributed by atoms with E-state index in [9.17, 15) is 0 Å². The average Bonchev–Trinajstić information content (AvgIpc) is 2.34. The summed E-state index contributed by atoms with van der Waals surface area (Å²) in [5.41, 5.74) is 0. The summed E-state index contributed by atoms with van der Waals surface area (Å²) in [4.78, 5) is 2.43. The van der Waals surface area contributed by atoms with E-state index >= 15 is 0 Å². The Morgan fingerprint density at radius 3 is 2.13 bits per heavy atom. The van der Waals surface area contributed by atoms with E-state index in [1.54, 1.807) is 0 Å². The lowest BCUT2D eigenvalue weighted by molar-refractivity contribution is 0.165. The monoisotopic (exact) mass is 216 g/mol. The molecular weight excluding hydrogens is 184 g/mol. The van der Waals surface area contributed by atoms with Gasteiger partial charge in [0.15, 0.2) is 0 Å². The lowest BCUT2D eigenvalue weighted by atomic mass is 9.90. The van der Waals surface area contributed by atoms with E-state index < -0.39 is 0 Å². The zero-order valence-electron chi connectivity index (χ0n) is 11.9. The van der Waals surface area contributed by atoms with Gasteiger partial charge in [-0.2, -0.15) is 0 Å². The molecule has 1 aliphatic heterocycles. The second kappa shape index (κ2) is 12.0. The highest BCUT2D eigenvalue weighted by Gasteiger charge is 2.24. The maximum absolute atomic E-state index is 3.40. The smallest absolute Gasteiger partial charge is 0.0117 e. The van der Waals surface area contributed by atoms with E-state index in [2.05, 4.69) is 31.2 Å². The molecule has 15 heavy (non-hydrogen) atoms. The van der Waals surface area contributed by atoms with Crippen molar-refractivity contribution < 1.29 is 0 Å². The van der Waals surface area contributed by atoms with Crippen molar-refractivity contribution in [2.45, 2.75) is 53.5 Å². The van der Waals surface area contributed by atoms with Crippen LogP contribution in [0.15, 0.2) is 0 Å². The summed E-state index contributed by atoms with van der Waals surface area (Å²) >= 11 is 0. The first-order valence-electron chi connectivity index (χ1n) is 6.63. The first-order chi connectivity index (χ1) is 7.27. The minimum atomic E-state index is 0.760. The molecule has 1 aliphatic rings.